The van der Waals surface area contributed by atoms with Gasteiger partial charge in [-0.2, -0.15) is 10.1 Å². The average molecular weight is 360 g/mol. The number of hydrogen-bond acceptors (Lipinski definition) is 6. The number of aryl methyl sites for hydroxylation is 1. The van der Waals surface area contributed by atoms with Crippen LogP contribution in [0.2, 0.25) is 0 Å². The number of anilines is 1. The van der Waals surface area contributed by atoms with Gasteiger partial charge >= 0.3 is 0 Å². The molecule has 136 valence electrons. The Kier molecular flexibility index (Phi) is 4.91. The van der Waals surface area contributed by atoms with E-state index in [0.29, 0.717) is 24.7 Å². The van der Waals surface area contributed by atoms with Crippen molar-refractivity contribution in [1.82, 2.24) is 24.9 Å². The summed E-state index contributed by atoms with van der Waals surface area (Å²) in [6, 6.07) is 13.9. The highest BCUT2D eigenvalue weighted by Crippen LogP contribution is 2.19. The fourth-order valence-corrected chi connectivity index (χ4v) is 2.71. The van der Waals surface area contributed by atoms with Crippen LogP contribution in [0.15, 0.2) is 65.6 Å². The van der Waals surface area contributed by atoms with Crippen LogP contribution in [0, 0.1) is 0 Å². The van der Waals surface area contributed by atoms with E-state index in [1.807, 2.05) is 59.5 Å². The monoisotopic (exact) mass is 360 g/mol. The van der Waals surface area contributed by atoms with E-state index in [0.717, 1.165) is 29.1 Å². The second-order valence-corrected chi connectivity index (χ2v) is 6.17. The van der Waals surface area contributed by atoms with Crippen LogP contribution in [-0.2, 0) is 19.5 Å². The number of rotatable bonds is 7. The first-order valence-corrected chi connectivity index (χ1v) is 8.88. The topological polar surface area (TPSA) is 81.7 Å². The molecule has 3 aromatic heterocycles. The third kappa shape index (κ3) is 4.20. The van der Waals surface area contributed by atoms with Crippen molar-refractivity contribution in [2.45, 2.75) is 26.4 Å². The van der Waals surface area contributed by atoms with Crippen LogP contribution in [0.5, 0.6) is 0 Å². The van der Waals surface area contributed by atoms with Gasteiger partial charge in [-0.25, -0.2) is 4.98 Å². The van der Waals surface area contributed by atoms with Crippen molar-refractivity contribution in [3.05, 3.63) is 78.0 Å². The minimum absolute atomic E-state index is 0.476. The van der Waals surface area contributed by atoms with Crippen molar-refractivity contribution in [3.8, 4) is 11.5 Å². The molecule has 7 nitrogen and oxygen atoms in total. The normalized spacial score (nSPS) is 10.9. The molecule has 0 aliphatic rings. The number of nitrogens with one attached hydrogen (secondary N) is 1. The van der Waals surface area contributed by atoms with E-state index in [-0.39, 0.29) is 0 Å². The summed E-state index contributed by atoms with van der Waals surface area (Å²) in [6.45, 7) is 3.60. The van der Waals surface area contributed by atoms with E-state index < -0.39 is 0 Å². The van der Waals surface area contributed by atoms with Crippen LogP contribution >= 0.6 is 0 Å². The number of benzene rings is 1. The quantitative estimate of drug-likeness (QED) is 0.543. The van der Waals surface area contributed by atoms with Crippen LogP contribution in [0.25, 0.3) is 11.5 Å². The van der Waals surface area contributed by atoms with Crippen LogP contribution in [0.1, 0.15) is 23.9 Å². The summed E-state index contributed by atoms with van der Waals surface area (Å²) in [5.74, 6) is 1.92. The van der Waals surface area contributed by atoms with Gasteiger partial charge in [0.15, 0.2) is 5.82 Å². The van der Waals surface area contributed by atoms with E-state index in [4.69, 9.17) is 4.52 Å². The molecule has 7 heteroatoms. The Balaban J connectivity index is 1.38. The zero-order valence-electron chi connectivity index (χ0n) is 15.0. The highest BCUT2D eigenvalue weighted by molar-refractivity contribution is 5.54. The van der Waals surface area contributed by atoms with Gasteiger partial charge in [-0.15, -0.1) is 0 Å². The van der Waals surface area contributed by atoms with Crippen molar-refractivity contribution in [3.63, 3.8) is 0 Å². The molecule has 1 aromatic carbocycles. The molecule has 0 spiro atoms. The number of aromatic nitrogens is 5. The first-order valence-electron chi connectivity index (χ1n) is 8.88. The van der Waals surface area contributed by atoms with Gasteiger partial charge in [-0.3, -0.25) is 4.68 Å². The maximum absolute atomic E-state index is 5.37. The molecule has 0 bridgehead atoms. The molecule has 0 saturated carbocycles. The van der Waals surface area contributed by atoms with E-state index in [2.05, 4.69) is 32.5 Å². The summed E-state index contributed by atoms with van der Waals surface area (Å²) in [4.78, 5) is 8.89. The molecular formula is C20H20N6O. The van der Waals surface area contributed by atoms with Crippen LogP contribution in [0.3, 0.4) is 0 Å². The Morgan fingerprint density at radius 3 is 2.67 bits per heavy atom. The standard InChI is InChI=1S/C20H20N6O/c1-2-26-14-16(12-23-26)11-21-18-9-8-17(13-22-18)20-24-19(25-27-20)10-15-6-4-3-5-7-15/h3-9,12-14H,2,10-11H2,1H3,(H,21,22). The fraction of sp³-hybridized carbons (Fsp3) is 0.200. The number of pyridine rings is 1. The summed E-state index contributed by atoms with van der Waals surface area (Å²) in [5, 5.41) is 11.6. The second kappa shape index (κ2) is 7.82. The summed E-state index contributed by atoms with van der Waals surface area (Å²) >= 11 is 0. The first kappa shape index (κ1) is 17.0. The molecule has 0 amide bonds. The van der Waals surface area contributed by atoms with Crippen LogP contribution in [-0.4, -0.2) is 24.9 Å². The Morgan fingerprint density at radius 2 is 1.93 bits per heavy atom. The molecular weight excluding hydrogens is 340 g/mol. The van der Waals surface area contributed by atoms with Gasteiger partial charge in [0.05, 0.1) is 11.8 Å². The largest absolute Gasteiger partial charge is 0.366 e. The van der Waals surface area contributed by atoms with E-state index in [1.54, 1.807) is 6.20 Å². The minimum atomic E-state index is 0.476. The van der Waals surface area contributed by atoms with Crippen molar-refractivity contribution in [2.75, 3.05) is 5.32 Å². The van der Waals surface area contributed by atoms with Gasteiger partial charge in [0.1, 0.15) is 5.82 Å². The maximum Gasteiger partial charge on any atom is 0.259 e. The Labute approximate surface area is 157 Å². The molecule has 0 saturated heterocycles. The fourth-order valence-electron chi connectivity index (χ4n) is 2.71. The number of nitrogens with zero attached hydrogens (tertiary/aromatic N) is 5. The van der Waals surface area contributed by atoms with Crippen molar-refractivity contribution < 1.29 is 4.52 Å². The van der Waals surface area contributed by atoms with Crippen LogP contribution in [0.4, 0.5) is 5.82 Å². The minimum Gasteiger partial charge on any atom is -0.366 e. The van der Waals surface area contributed by atoms with Gasteiger partial charge in [0, 0.05) is 37.5 Å². The smallest absolute Gasteiger partial charge is 0.259 e. The predicted octanol–water partition coefficient (Wildman–Crippen LogP) is 3.55. The summed E-state index contributed by atoms with van der Waals surface area (Å²) in [6.07, 6.45) is 6.26. The second-order valence-electron chi connectivity index (χ2n) is 6.17. The molecule has 27 heavy (non-hydrogen) atoms. The molecule has 4 rings (SSSR count). The zero-order valence-corrected chi connectivity index (χ0v) is 15.0. The third-order valence-corrected chi connectivity index (χ3v) is 4.17. The molecule has 4 aromatic rings. The maximum atomic E-state index is 5.37. The summed E-state index contributed by atoms with van der Waals surface area (Å²) in [5.41, 5.74) is 3.06. The van der Waals surface area contributed by atoms with Gasteiger partial charge in [0.2, 0.25) is 0 Å². The lowest BCUT2D eigenvalue weighted by Crippen LogP contribution is -2.00. The van der Waals surface area contributed by atoms with Gasteiger partial charge in [0.25, 0.3) is 5.89 Å². The zero-order chi connectivity index (χ0) is 18.5. The van der Waals surface area contributed by atoms with E-state index in [9.17, 15) is 0 Å². The molecule has 0 atom stereocenters. The lowest BCUT2D eigenvalue weighted by atomic mass is 10.1. The summed E-state index contributed by atoms with van der Waals surface area (Å²) in [7, 11) is 0. The van der Waals surface area contributed by atoms with Crippen LogP contribution < -0.4 is 5.32 Å². The molecule has 0 aliphatic heterocycles. The van der Waals surface area contributed by atoms with Crippen molar-refractivity contribution in [1.29, 1.82) is 0 Å². The van der Waals surface area contributed by atoms with Crippen molar-refractivity contribution >= 4 is 5.82 Å². The highest BCUT2D eigenvalue weighted by Gasteiger charge is 2.10. The van der Waals surface area contributed by atoms with Gasteiger partial charge in [-0.1, -0.05) is 35.5 Å². The molecule has 3 heterocycles. The molecule has 0 radical (unpaired) electrons. The first-order chi connectivity index (χ1) is 13.3. The summed E-state index contributed by atoms with van der Waals surface area (Å²) < 4.78 is 7.27. The molecule has 0 fully saturated rings. The lowest BCUT2D eigenvalue weighted by molar-refractivity contribution is 0.424. The van der Waals surface area contributed by atoms with Gasteiger partial charge < -0.3 is 9.84 Å². The van der Waals surface area contributed by atoms with E-state index in [1.165, 1.54) is 0 Å². The third-order valence-electron chi connectivity index (χ3n) is 4.17. The van der Waals surface area contributed by atoms with Gasteiger partial charge in [-0.05, 0) is 24.6 Å². The highest BCUT2D eigenvalue weighted by atomic mass is 16.5. The SMILES string of the molecule is CCn1cc(CNc2ccc(-c3nc(Cc4ccccc4)no3)cn2)cn1. The Bertz CT molecular complexity index is 991. The Hall–Kier alpha value is -3.48. The predicted molar refractivity (Wildman–Crippen MR) is 102 cm³/mol. The van der Waals surface area contributed by atoms with E-state index >= 15 is 0 Å². The Morgan fingerprint density at radius 1 is 1.04 bits per heavy atom. The molecule has 0 aliphatic carbocycles. The molecule has 1 N–H and O–H groups in total. The molecule has 0 unspecified atom stereocenters. The lowest BCUT2D eigenvalue weighted by Gasteiger charge is -2.03. The number of hydrogen-bond donors (Lipinski definition) is 1. The average Bonchev–Trinajstić information content (AvgIpc) is 3.37. The van der Waals surface area contributed by atoms with Crippen molar-refractivity contribution in [2.24, 2.45) is 0 Å².